The van der Waals surface area contributed by atoms with Gasteiger partial charge in [-0.05, 0) is 25.1 Å². The van der Waals surface area contributed by atoms with Crippen LogP contribution in [0.5, 0.6) is 0 Å². The van der Waals surface area contributed by atoms with Crippen LogP contribution in [-0.4, -0.2) is 43.3 Å². The van der Waals surface area contributed by atoms with E-state index in [1.165, 1.54) is 4.57 Å². The number of nitrogen functional groups attached to an aromatic ring is 1. The molecule has 0 aliphatic rings. The molecular weight excluding hydrogens is 388 g/mol. The Morgan fingerprint density at radius 1 is 1.13 bits per heavy atom. The van der Waals surface area contributed by atoms with E-state index in [4.69, 9.17) is 5.73 Å². The Labute approximate surface area is 171 Å². The van der Waals surface area contributed by atoms with Crippen molar-refractivity contribution in [2.75, 3.05) is 18.8 Å². The molecule has 0 radical (unpaired) electrons. The lowest BCUT2D eigenvalue weighted by Gasteiger charge is -2.19. The molecule has 3 aromatic rings. The first-order valence-electron chi connectivity index (χ1n) is 9.71. The molecule has 0 spiro atoms. The molecule has 30 heavy (non-hydrogen) atoms. The number of nitrogens with two attached hydrogens (primary N) is 1. The minimum Gasteiger partial charge on any atom is -0.384 e. The van der Waals surface area contributed by atoms with Crippen LogP contribution >= 0.6 is 0 Å². The molecule has 0 saturated heterocycles. The Balaban J connectivity index is 1.87. The fourth-order valence-corrected chi connectivity index (χ4v) is 3.29. The van der Waals surface area contributed by atoms with Crippen molar-refractivity contribution in [1.82, 2.24) is 24.4 Å². The van der Waals surface area contributed by atoms with Gasteiger partial charge in [-0.25, -0.2) is 9.78 Å². The monoisotopic (exact) mass is 412 g/mol. The van der Waals surface area contributed by atoms with Gasteiger partial charge in [-0.15, -0.1) is 0 Å². The molecule has 0 saturated carbocycles. The number of para-hydroxylation sites is 1. The number of anilines is 1. The summed E-state index contributed by atoms with van der Waals surface area (Å²) in [7, 11) is 0. The van der Waals surface area contributed by atoms with Crippen molar-refractivity contribution in [1.29, 1.82) is 0 Å². The van der Waals surface area contributed by atoms with E-state index in [0.717, 1.165) is 0 Å². The molecule has 2 aromatic heterocycles. The number of carbonyl (C=O) groups is 1. The van der Waals surface area contributed by atoms with Crippen LogP contribution in [0.2, 0.25) is 0 Å². The van der Waals surface area contributed by atoms with Crippen molar-refractivity contribution in [2.24, 2.45) is 0 Å². The summed E-state index contributed by atoms with van der Waals surface area (Å²) in [6.45, 7) is 4.54. The van der Waals surface area contributed by atoms with E-state index in [-0.39, 0.29) is 30.0 Å². The zero-order valence-corrected chi connectivity index (χ0v) is 16.9. The Morgan fingerprint density at radius 3 is 2.57 bits per heavy atom. The number of hydrogen-bond acceptors (Lipinski definition) is 7. The zero-order chi connectivity index (χ0) is 21.8. The number of hydrogen-bond donors (Lipinski definition) is 3. The number of Topliss-reactive ketones (excluding diaryl/α,β-unsaturated/α-hetero) is 1. The molecule has 10 nitrogen and oxygen atoms in total. The molecule has 0 aliphatic carbocycles. The molecule has 0 aliphatic heterocycles. The lowest BCUT2D eigenvalue weighted by atomic mass is 10.1. The molecule has 1 aromatic carbocycles. The average molecular weight is 412 g/mol. The summed E-state index contributed by atoms with van der Waals surface area (Å²) < 4.78 is 1.19. The summed E-state index contributed by atoms with van der Waals surface area (Å²) in [5, 5.41) is 0.484. The highest BCUT2D eigenvalue weighted by Crippen LogP contribution is 2.10. The van der Waals surface area contributed by atoms with E-state index in [1.807, 2.05) is 13.8 Å². The first kappa shape index (κ1) is 21.2. The van der Waals surface area contributed by atoms with Crippen LogP contribution in [0.3, 0.4) is 0 Å². The molecule has 2 heterocycles. The highest BCUT2D eigenvalue weighted by molar-refractivity contribution is 6.01. The van der Waals surface area contributed by atoms with Crippen LogP contribution in [0.4, 0.5) is 5.82 Å². The largest absolute Gasteiger partial charge is 0.384 e. The van der Waals surface area contributed by atoms with Gasteiger partial charge in [0.15, 0.2) is 5.78 Å². The Morgan fingerprint density at radius 2 is 1.87 bits per heavy atom. The van der Waals surface area contributed by atoms with Crippen molar-refractivity contribution in [3.63, 3.8) is 0 Å². The summed E-state index contributed by atoms with van der Waals surface area (Å²) >= 11 is 0. The van der Waals surface area contributed by atoms with Crippen molar-refractivity contribution in [3.8, 4) is 0 Å². The normalized spacial score (nSPS) is 11.3. The van der Waals surface area contributed by atoms with E-state index in [0.29, 0.717) is 36.2 Å². The third-order valence-electron chi connectivity index (χ3n) is 4.82. The van der Waals surface area contributed by atoms with Gasteiger partial charge in [0.2, 0.25) is 0 Å². The first-order chi connectivity index (χ1) is 14.3. The number of fused-ring (bicyclic) bond motifs is 1. The SMILES string of the molecule is CCCn1c(N)c(C(=O)CN(CC)Cc2nc3ccccc3c(=O)[nH]2)c(=O)[nH]c1=O. The minimum atomic E-state index is -0.803. The molecule has 4 N–H and O–H groups in total. The number of ketones is 1. The quantitative estimate of drug-likeness (QED) is 0.456. The van der Waals surface area contributed by atoms with Crippen molar-refractivity contribution >= 4 is 22.5 Å². The van der Waals surface area contributed by atoms with Gasteiger partial charge in [0, 0.05) is 6.54 Å². The van der Waals surface area contributed by atoms with Gasteiger partial charge in [-0.3, -0.25) is 28.8 Å². The third kappa shape index (κ3) is 4.23. The Bertz CT molecular complexity index is 1260. The van der Waals surface area contributed by atoms with Crippen molar-refractivity contribution in [2.45, 2.75) is 33.4 Å². The van der Waals surface area contributed by atoms with Crippen LogP contribution in [0, 0.1) is 0 Å². The molecule has 0 atom stereocenters. The number of aromatic nitrogens is 4. The molecular formula is C20H24N6O4. The molecule has 0 fully saturated rings. The first-order valence-corrected chi connectivity index (χ1v) is 9.71. The summed E-state index contributed by atoms with van der Waals surface area (Å²) in [5.74, 6) is -0.237. The molecule has 10 heteroatoms. The van der Waals surface area contributed by atoms with E-state index >= 15 is 0 Å². The van der Waals surface area contributed by atoms with Crippen LogP contribution < -0.4 is 22.5 Å². The number of nitrogens with one attached hydrogen (secondary N) is 2. The summed E-state index contributed by atoms with van der Waals surface area (Å²) in [6.07, 6.45) is 0.617. The number of benzene rings is 1. The molecule has 0 bridgehead atoms. The van der Waals surface area contributed by atoms with Gasteiger partial charge in [0.25, 0.3) is 11.1 Å². The zero-order valence-electron chi connectivity index (χ0n) is 16.9. The van der Waals surface area contributed by atoms with Gasteiger partial charge in [0.05, 0.1) is 24.0 Å². The predicted molar refractivity (Wildman–Crippen MR) is 114 cm³/mol. The number of rotatable bonds is 8. The number of H-pyrrole nitrogens is 2. The van der Waals surface area contributed by atoms with Crippen LogP contribution in [0.25, 0.3) is 10.9 Å². The summed E-state index contributed by atoms with van der Waals surface area (Å²) in [5.41, 5.74) is 4.59. The average Bonchev–Trinajstić information content (AvgIpc) is 2.70. The molecule has 0 amide bonds. The van der Waals surface area contributed by atoms with Gasteiger partial charge >= 0.3 is 5.69 Å². The highest BCUT2D eigenvalue weighted by Gasteiger charge is 2.21. The number of nitrogens with zero attached hydrogens (tertiary/aromatic N) is 3. The Hall–Kier alpha value is -3.53. The maximum atomic E-state index is 12.8. The number of aromatic amines is 2. The lowest BCUT2D eigenvalue weighted by Crippen LogP contribution is -2.39. The van der Waals surface area contributed by atoms with Crippen molar-refractivity contribution in [3.05, 3.63) is 66.8 Å². The Kier molecular flexibility index (Phi) is 6.26. The maximum Gasteiger partial charge on any atom is 0.329 e. The van der Waals surface area contributed by atoms with Crippen LogP contribution in [0.1, 0.15) is 36.5 Å². The second-order valence-corrected chi connectivity index (χ2v) is 6.93. The topological polar surface area (TPSA) is 147 Å². The van der Waals surface area contributed by atoms with E-state index in [2.05, 4.69) is 15.0 Å². The summed E-state index contributed by atoms with van der Waals surface area (Å²) in [4.78, 5) is 60.3. The molecule has 158 valence electrons. The smallest absolute Gasteiger partial charge is 0.329 e. The van der Waals surface area contributed by atoms with E-state index in [9.17, 15) is 19.2 Å². The van der Waals surface area contributed by atoms with Gasteiger partial charge < -0.3 is 10.7 Å². The van der Waals surface area contributed by atoms with E-state index in [1.54, 1.807) is 29.2 Å². The highest BCUT2D eigenvalue weighted by atomic mass is 16.2. The predicted octanol–water partition coefficient (Wildman–Crippen LogP) is 0.470. The minimum absolute atomic E-state index is 0.120. The van der Waals surface area contributed by atoms with Gasteiger partial charge in [-0.2, -0.15) is 0 Å². The van der Waals surface area contributed by atoms with Crippen molar-refractivity contribution < 1.29 is 4.79 Å². The fourth-order valence-electron chi connectivity index (χ4n) is 3.29. The van der Waals surface area contributed by atoms with Crippen LogP contribution in [0.15, 0.2) is 38.6 Å². The fraction of sp³-hybridized carbons (Fsp3) is 0.350. The van der Waals surface area contributed by atoms with Gasteiger partial charge in [-0.1, -0.05) is 26.0 Å². The standard InChI is InChI=1S/C20H24N6O4/c1-3-9-26-17(21)16(19(29)24-20(26)30)14(27)10-25(4-2)11-15-22-13-8-6-5-7-12(13)18(28)23-15/h5-8H,3-4,9-11,21H2,1-2H3,(H,22,23,28)(H,24,29,30). The second kappa shape index (κ2) is 8.87. The van der Waals surface area contributed by atoms with Crippen LogP contribution in [-0.2, 0) is 13.1 Å². The van der Waals surface area contributed by atoms with Gasteiger partial charge in [0.1, 0.15) is 17.2 Å². The maximum absolute atomic E-state index is 12.8. The third-order valence-corrected chi connectivity index (χ3v) is 4.82. The second-order valence-electron chi connectivity index (χ2n) is 6.93. The summed E-state index contributed by atoms with van der Waals surface area (Å²) in [6, 6.07) is 6.98. The lowest BCUT2D eigenvalue weighted by molar-refractivity contribution is 0.0926. The van der Waals surface area contributed by atoms with E-state index < -0.39 is 17.0 Å². The number of likely N-dealkylation sites (N-methyl/N-ethyl adjacent to an activating group) is 1. The molecule has 0 unspecified atom stereocenters. The number of carbonyl (C=O) groups excluding carboxylic acids is 1. The molecule has 3 rings (SSSR count).